The number of aliphatic hydroxyl groups excluding tert-OH is 1. The van der Waals surface area contributed by atoms with Gasteiger partial charge in [-0.05, 0) is 79.5 Å². The molecule has 2 aromatic carbocycles. The molecule has 8 nitrogen and oxygen atoms in total. The van der Waals surface area contributed by atoms with Crippen LogP contribution in [-0.4, -0.2) is 32.3 Å². The third kappa shape index (κ3) is 5.80. The van der Waals surface area contributed by atoms with Gasteiger partial charge >= 0.3 is 6.03 Å². The van der Waals surface area contributed by atoms with Crippen molar-refractivity contribution in [3.05, 3.63) is 81.9 Å². The van der Waals surface area contributed by atoms with E-state index < -0.39 is 6.29 Å². The first-order chi connectivity index (χ1) is 20.3. The molecule has 222 valence electrons. The van der Waals surface area contributed by atoms with Crippen LogP contribution < -0.4 is 10.6 Å². The van der Waals surface area contributed by atoms with Gasteiger partial charge in [0.15, 0.2) is 11.4 Å². The molecule has 3 atom stereocenters. The Morgan fingerprint density at radius 3 is 2.33 bits per heavy atom. The molecular formula is C32H36Cl2N4O4. The van der Waals surface area contributed by atoms with Crippen LogP contribution in [0.5, 0.6) is 0 Å². The number of nitrogens with one attached hydrogen (secondary N) is 2. The summed E-state index contributed by atoms with van der Waals surface area (Å²) >= 11 is 12.5. The fourth-order valence-electron chi connectivity index (χ4n) is 8.15. The molecule has 3 unspecified atom stereocenters. The Kier molecular flexibility index (Phi) is 7.69. The SMILES string of the molecule is O=C(Nc1cccc(C2OC(Cn3cnc(Cl)c3Cl)CC(c3ccc(CO)cc3)O2)c1)NC12CC3CC(CC(C3)C1)C2. The van der Waals surface area contributed by atoms with Crippen molar-refractivity contribution in [1.29, 1.82) is 0 Å². The minimum atomic E-state index is -0.669. The summed E-state index contributed by atoms with van der Waals surface area (Å²) in [6.07, 6.45) is 8.33. The maximum absolute atomic E-state index is 13.2. The maximum atomic E-state index is 13.2. The van der Waals surface area contributed by atoms with Gasteiger partial charge in [0.2, 0.25) is 0 Å². The van der Waals surface area contributed by atoms with Crippen molar-refractivity contribution in [2.45, 2.75) is 82.1 Å². The lowest BCUT2D eigenvalue weighted by molar-refractivity contribution is -0.252. The smallest absolute Gasteiger partial charge is 0.319 e. The molecule has 8 rings (SSSR count). The summed E-state index contributed by atoms with van der Waals surface area (Å²) in [6.45, 7) is 0.436. The van der Waals surface area contributed by atoms with Gasteiger partial charge in [0.25, 0.3) is 0 Å². The zero-order chi connectivity index (χ0) is 28.8. The Morgan fingerprint density at radius 2 is 1.69 bits per heavy atom. The minimum Gasteiger partial charge on any atom is -0.392 e. The number of carbonyl (C=O) groups is 1. The average Bonchev–Trinajstić information content (AvgIpc) is 3.28. The molecule has 0 radical (unpaired) electrons. The topological polar surface area (TPSA) is 97.6 Å². The summed E-state index contributed by atoms with van der Waals surface area (Å²) in [4.78, 5) is 17.3. The number of anilines is 1. The van der Waals surface area contributed by atoms with Gasteiger partial charge in [0, 0.05) is 23.2 Å². The summed E-state index contributed by atoms with van der Waals surface area (Å²) in [5, 5.41) is 16.6. The molecule has 2 amide bonds. The largest absolute Gasteiger partial charge is 0.392 e. The van der Waals surface area contributed by atoms with Gasteiger partial charge in [-0.15, -0.1) is 0 Å². The standard InChI is InChI=1S/C32H36Cl2N4O4/c33-28-29(34)38(18-35-28)16-26-12-27(23-6-4-19(17-39)5-7-23)42-30(41-26)24-2-1-3-25(11-24)36-31(40)37-32-13-20-8-21(14-32)10-22(9-20)15-32/h1-7,11,18,20-22,26-27,30,39H,8-10,12-17H2,(H2,36,37,40). The molecular weight excluding hydrogens is 575 g/mol. The van der Waals surface area contributed by atoms with Crippen molar-refractivity contribution in [2.24, 2.45) is 17.8 Å². The second kappa shape index (κ2) is 11.5. The third-order valence-electron chi connectivity index (χ3n) is 9.58. The van der Waals surface area contributed by atoms with Crippen LogP contribution in [0.1, 0.15) is 74.0 Å². The van der Waals surface area contributed by atoms with E-state index in [0.29, 0.717) is 23.8 Å². The minimum absolute atomic E-state index is 0.0176. The zero-order valence-corrected chi connectivity index (χ0v) is 24.9. The Labute approximate surface area is 255 Å². The van der Waals surface area contributed by atoms with Gasteiger partial charge in [-0.25, -0.2) is 9.78 Å². The fourth-order valence-corrected chi connectivity index (χ4v) is 8.47. The predicted octanol–water partition coefficient (Wildman–Crippen LogP) is 7.02. The van der Waals surface area contributed by atoms with Crippen molar-refractivity contribution in [2.75, 3.05) is 5.32 Å². The highest BCUT2D eigenvalue weighted by Gasteiger charge is 2.51. The second-order valence-corrected chi connectivity index (χ2v) is 13.4. The monoisotopic (exact) mass is 610 g/mol. The van der Waals surface area contributed by atoms with Gasteiger partial charge in [-0.1, -0.05) is 59.6 Å². The highest BCUT2D eigenvalue weighted by molar-refractivity contribution is 6.40. The lowest BCUT2D eigenvalue weighted by Gasteiger charge is -2.56. The lowest BCUT2D eigenvalue weighted by Crippen LogP contribution is -2.60. The van der Waals surface area contributed by atoms with E-state index in [0.717, 1.165) is 53.7 Å². The Balaban J connectivity index is 1.08. The molecule has 3 N–H and O–H groups in total. The molecule has 1 aliphatic heterocycles. The van der Waals surface area contributed by atoms with E-state index in [1.54, 1.807) is 10.9 Å². The van der Waals surface area contributed by atoms with Gasteiger partial charge in [-0.3, -0.25) is 0 Å². The van der Waals surface area contributed by atoms with Crippen LogP contribution in [-0.2, 0) is 22.6 Å². The number of nitrogens with zero attached hydrogens (tertiary/aromatic N) is 2. The van der Waals surface area contributed by atoms with Crippen LogP contribution in [0.15, 0.2) is 54.9 Å². The van der Waals surface area contributed by atoms with Crippen molar-refractivity contribution in [3.8, 4) is 0 Å². The number of hydrogen-bond acceptors (Lipinski definition) is 5. The number of halogens is 2. The molecule has 0 spiro atoms. The molecule has 42 heavy (non-hydrogen) atoms. The predicted molar refractivity (Wildman–Crippen MR) is 160 cm³/mol. The van der Waals surface area contributed by atoms with Crippen LogP contribution in [0.3, 0.4) is 0 Å². The number of aromatic nitrogens is 2. The Morgan fingerprint density at radius 1 is 0.976 bits per heavy atom. The van der Waals surface area contributed by atoms with Crippen LogP contribution in [0.25, 0.3) is 0 Å². The zero-order valence-electron chi connectivity index (χ0n) is 23.3. The number of urea groups is 1. The first kappa shape index (κ1) is 28.2. The van der Waals surface area contributed by atoms with Crippen molar-refractivity contribution in [3.63, 3.8) is 0 Å². The van der Waals surface area contributed by atoms with Gasteiger partial charge < -0.3 is 29.8 Å². The quantitative estimate of drug-likeness (QED) is 0.267. The van der Waals surface area contributed by atoms with Gasteiger partial charge in [-0.2, -0.15) is 0 Å². The van der Waals surface area contributed by atoms with E-state index in [-0.39, 0.29) is 35.5 Å². The number of rotatable bonds is 7. The number of benzene rings is 2. The van der Waals surface area contributed by atoms with Crippen molar-refractivity contribution < 1.29 is 19.4 Å². The van der Waals surface area contributed by atoms with Gasteiger partial charge in [0.05, 0.1) is 31.7 Å². The van der Waals surface area contributed by atoms with E-state index in [1.165, 1.54) is 19.3 Å². The molecule has 4 saturated carbocycles. The van der Waals surface area contributed by atoms with Crippen LogP contribution >= 0.6 is 23.2 Å². The molecule has 2 heterocycles. The summed E-state index contributed by atoms with van der Waals surface area (Å²) in [5.74, 6) is 2.28. The number of amides is 2. The molecule has 10 heteroatoms. The van der Waals surface area contributed by atoms with Crippen molar-refractivity contribution in [1.82, 2.24) is 14.9 Å². The molecule has 5 aliphatic rings. The molecule has 4 bridgehead atoms. The average molecular weight is 612 g/mol. The van der Waals surface area contributed by atoms with E-state index in [2.05, 4.69) is 15.6 Å². The molecule has 3 aromatic rings. The highest BCUT2D eigenvalue weighted by atomic mass is 35.5. The van der Waals surface area contributed by atoms with E-state index in [4.69, 9.17) is 32.7 Å². The van der Waals surface area contributed by atoms with E-state index >= 15 is 0 Å². The number of hydrogen-bond donors (Lipinski definition) is 3. The number of aliphatic hydroxyl groups is 1. The first-order valence-corrected chi connectivity index (χ1v) is 15.7. The number of imidazole rings is 1. The Bertz CT molecular complexity index is 1410. The lowest BCUT2D eigenvalue weighted by atomic mass is 9.53. The first-order valence-electron chi connectivity index (χ1n) is 14.9. The third-order valence-corrected chi connectivity index (χ3v) is 10.4. The Hall–Kier alpha value is -2.62. The number of ether oxygens (including phenoxy) is 2. The molecule has 1 aromatic heterocycles. The second-order valence-electron chi connectivity index (χ2n) is 12.7. The molecule has 5 fully saturated rings. The summed E-state index contributed by atoms with van der Waals surface area (Å²) in [7, 11) is 0. The number of carbonyl (C=O) groups excluding carboxylic acids is 1. The molecule has 1 saturated heterocycles. The maximum Gasteiger partial charge on any atom is 0.319 e. The fraction of sp³-hybridized carbons (Fsp3) is 0.500. The van der Waals surface area contributed by atoms with Crippen molar-refractivity contribution >= 4 is 34.9 Å². The van der Waals surface area contributed by atoms with E-state index in [1.807, 2.05) is 48.5 Å². The van der Waals surface area contributed by atoms with Crippen LogP contribution in [0, 0.1) is 17.8 Å². The summed E-state index contributed by atoms with van der Waals surface area (Å²) in [6, 6.07) is 15.3. The highest BCUT2D eigenvalue weighted by Crippen LogP contribution is 2.55. The summed E-state index contributed by atoms with van der Waals surface area (Å²) < 4.78 is 14.7. The van der Waals surface area contributed by atoms with Crippen LogP contribution in [0.2, 0.25) is 10.3 Å². The molecule has 4 aliphatic carbocycles. The van der Waals surface area contributed by atoms with E-state index in [9.17, 15) is 9.90 Å². The summed E-state index contributed by atoms with van der Waals surface area (Å²) in [5.41, 5.74) is 3.26. The van der Waals surface area contributed by atoms with Crippen LogP contribution in [0.4, 0.5) is 10.5 Å². The normalized spacial score (nSPS) is 31.7. The van der Waals surface area contributed by atoms with Gasteiger partial charge in [0.1, 0.15) is 5.15 Å².